The molecular weight excluding hydrogens is 524 g/mol. The van der Waals surface area contributed by atoms with Gasteiger partial charge in [-0.25, -0.2) is 9.78 Å². The molecule has 11 nitrogen and oxygen atoms in total. The van der Waals surface area contributed by atoms with Gasteiger partial charge in [0.05, 0.1) is 13.2 Å². The van der Waals surface area contributed by atoms with E-state index in [4.69, 9.17) is 11.1 Å². The maximum absolute atomic E-state index is 14.5. The first-order chi connectivity index (χ1) is 19.6. The quantitative estimate of drug-likeness (QED) is 0.269. The number of nitrogens with two attached hydrogens (primary N) is 1. The van der Waals surface area contributed by atoms with Gasteiger partial charge in [-0.2, -0.15) is 0 Å². The largest absolute Gasteiger partial charge is 0.453 e. The number of nitrogens with zero attached hydrogens (tertiary/aromatic N) is 3. The molecule has 1 aliphatic heterocycles. The molecule has 0 bridgehead atoms. The van der Waals surface area contributed by atoms with Crippen LogP contribution in [-0.4, -0.2) is 76.2 Å². The van der Waals surface area contributed by atoms with Crippen molar-refractivity contribution in [3.05, 3.63) is 35.5 Å². The van der Waals surface area contributed by atoms with E-state index in [1.165, 1.54) is 16.9 Å². The van der Waals surface area contributed by atoms with Crippen molar-refractivity contribution >= 4 is 29.7 Å². The van der Waals surface area contributed by atoms with Gasteiger partial charge in [0, 0.05) is 12.6 Å². The van der Waals surface area contributed by atoms with E-state index in [-0.39, 0.29) is 35.1 Å². The molecule has 4 N–H and O–H groups in total. The van der Waals surface area contributed by atoms with Gasteiger partial charge < -0.3 is 15.4 Å². The third-order valence-electron chi connectivity index (χ3n) is 8.68. The summed E-state index contributed by atoms with van der Waals surface area (Å²) in [5.41, 5.74) is 7.24. The number of nitrogens with one attached hydrogen (secondary N) is 2. The number of amidine groups is 1. The minimum absolute atomic E-state index is 0.00137. The smallest absolute Gasteiger partial charge is 0.412 e. The van der Waals surface area contributed by atoms with Crippen molar-refractivity contribution < 1.29 is 23.9 Å². The Morgan fingerprint density at radius 3 is 2.32 bits per heavy atom. The van der Waals surface area contributed by atoms with Gasteiger partial charge in [-0.3, -0.25) is 30.0 Å². The lowest BCUT2D eigenvalue weighted by atomic mass is 9.81. The first kappa shape index (κ1) is 30.6. The van der Waals surface area contributed by atoms with Crippen LogP contribution in [-0.2, 0) is 14.3 Å². The third kappa shape index (κ3) is 6.77. The number of aromatic nitrogens is 1. The number of pyridine rings is 1. The van der Waals surface area contributed by atoms with Gasteiger partial charge in [0.2, 0.25) is 5.91 Å². The Balaban J connectivity index is 1.77. The van der Waals surface area contributed by atoms with E-state index in [2.05, 4.69) is 22.0 Å². The summed E-state index contributed by atoms with van der Waals surface area (Å²) < 4.78 is 4.65. The summed E-state index contributed by atoms with van der Waals surface area (Å²) in [4.78, 5) is 60.7. The first-order valence-corrected chi connectivity index (χ1v) is 14.9. The second-order valence-corrected chi connectivity index (χ2v) is 11.5. The van der Waals surface area contributed by atoms with Gasteiger partial charge in [0.1, 0.15) is 17.4 Å². The predicted molar refractivity (Wildman–Crippen MR) is 153 cm³/mol. The molecule has 3 aliphatic rings. The van der Waals surface area contributed by atoms with E-state index in [1.807, 2.05) is 0 Å². The zero-order valence-corrected chi connectivity index (χ0v) is 24.2. The third-order valence-corrected chi connectivity index (χ3v) is 8.68. The highest BCUT2D eigenvalue weighted by Crippen LogP contribution is 2.36. The SMILES string of the molecule is [CH2]c1c(C2CCCCC2)cc(C(=N)NC(=O)OC)nc1C(=O)N(C(=O)[C@@H]1CCCN1C(=O)[C@H](C)N)C1CCCCC1. The molecule has 3 fully saturated rings. The number of carbonyl (C=O) groups is 4. The average Bonchev–Trinajstić information content (AvgIpc) is 3.47. The Hall–Kier alpha value is -3.34. The Morgan fingerprint density at radius 2 is 1.71 bits per heavy atom. The lowest BCUT2D eigenvalue weighted by Gasteiger charge is -2.37. The molecule has 2 heterocycles. The summed E-state index contributed by atoms with van der Waals surface area (Å²) in [7, 11) is 1.20. The van der Waals surface area contributed by atoms with E-state index in [0.717, 1.165) is 56.9 Å². The van der Waals surface area contributed by atoms with Crippen molar-refractivity contribution in [2.75, 3.05) is 13.7 Å². The number of amides is 4. The highest BCUT2D eigenvalue weighted by Gasteiger charge is 2.43. The molecule has 1 aromatic heterocycles. The summed E-state index contributed by atoms with van der Waals surface area (Å²) >= 11 is 0. The predicted octanol–water partition coefficient (Wildman–Crippen LogP) is 3.63. The van der Waals surface area contributed by atoms with Gasteiger partial charge in [-0.05, 0) is 75.5 Å². The number of hydrogen-bond acceptors (Lipinski definition) is 8. The number of hydrogen-bond donors (Lipinski definition) is 3. The Kier molecular flexibility index (Phi) is 10.1. The van der Waals surface area contributed by atoms with Crippen LogP contribution in [0.4, 0.5) is 4.79 Å². The molecule has 223 valence electrons. The van der Waals surface area contributed by atoms with Crippen molar-refractivity contribution in [3.8, 4) is 0 Å². The van der Waals surface area contributed by atoms with Gasteiger partial charge in [-0.15, -0.1) is 0 Å². The summed E-state index contributed by atoms with van der Waals surface area (Å²) in [6.07, 6.45) is 9.50. The number of alkyl carbamates (subject to hydrolysis) is 1. The number of likely N-dealkylation sites (tertiary alicyclic amines) is 1. The van der Waals surface area contributed by atoms with Crippen molar-refractivity contribution in [1.29, 1.82) is 5.41 Å². The van der Waals surface area contributed by atoms with Crippen LogP contribution in [0.2, 0.25) is 0 Å². The number of methoxy groups -OCH3 is 1. The van der Waals surface area contributed by atoms with E-state index < -0.39 is 30.0 Å². The fourth-order valence-electron chi connectivity index (χ4n) is 6.50. The van der Waals surface area contributed by atoms with E-state index >= 15 is 0 Å². The molecule has 1 aromatic rings. The molecule has 1 radical (unpaired) electrons. The minimum atomic E-state index is -0.818. The lowest BCUT2D eigenvalue weighted by molar-refractivity contribution is -0.144. The fourth-order valence-corrected chi connectivity index (χ4v) is 6.50. The zero-order chi connectivity index (χ0) is 29.7. The fraction of sp³-hybridized carbons (Fsp3) is 0.633. The number of imide groups is 1. The van der Waals surface area contributed by atoms with Gasteiger partial charge in [0.15, 0.2) is 5.84 Å². The van der Waals surface area contributed by atoms with Crippen LogP contribution in [0.25, 0.3) is 0 Å². The van der Waals surface area contributed by atoms with E-state index in [9.17, 15) is 19.2 Å². The second kappa shape index (κ2) is 13.5. The standard InChI is InChI=1S/C30H43N6O5/c1-18-22(20-11-6-4-7-12-20)17-23(26(32)34-30(40)41-3)33-25(18)29(39)36(21-13-8-5-9-14-21)28(38)24-15-10-16-35(24)27(37)19(2)31/h17,19-21,24H,1,4-16,31H2,2-3H3,(H2,32,34,40)/t19-,24-/m0/s1. The molecule has 4 rings (SSSR count). The maximum Gasteiger partial charge on any atom is 0.412 e. The van der Waals surface area contributed by atoms with Crippen LogP contribution in [0.5, 0.6) is 0 Å². The van der Waals surface area contributed by atoms with Crippen molar-refractivity contribution in [3.63, 3.8) is 0 Å². The summed E-state index contributed by atoms with van der Waals surface area (Å²) in [6.45, 7) is 6.27. The monoisotopic (exact) mass is 567 g/mol. The summed E-state index contributed by atoms with van der Waals surface area (Å²) in [6, 6.07) is -0.126. The van der Waals surface area contributed by atoms with Crippen LogP contribution >= 0.6 is 0 Å². The highest BCUT2D eigenvalue weighted by molar-refractivity contribution is 6.09. The van der Waals surface area contributed by atoms with Crippen molar-refractivity contribution in [2.45, 2.75) is 108 Å². The Labute approximate surface area is 242 Å². The molecule has 2 atom stereocenters. The molecule has 4 amide bonds. The van der Waals surface area contributed by atoms with Crippen LogP contribution in [0.1, 0.15) is 117 Å². The molecule has 2 saturated carbocycles. The minimum Gasteiger partial charge on any atom is -0.453 e. The Morgan fingerprint density at radius 1 is 1.07 bits per heavy atom. The van der Waals surface area contributed by atoms with Gasteiger partial charge in [0.25, 0.3) is 11.8 Å². The Bertz CT molecular complexity index is 1170. The van der Waals surface area contributed by atoms with Crippen LogP contribution in [0.3, 0.4) is 0 Å². The van der Waals surface area contributed by atoms with Crippen LogP contribution < -0.4 is 11.1 Å². The summed E-state index contributed by atoms with van der Waals surface area (Å²) in [5, 5.41) is 10.8. The molecule has 0 spiro atoms. The van der Waals surface area contributed by atoms with Crippen LogP contribution in [0.15, 0.2) is 6.07 Å². The normalized spacial score (nSPS) is 20.8. The molecular formula is C30H43N6O5. The van der Waals surface area contributed by atoms with Crippen molar-refractivity contribution in [2.24, 2.45) is 5.73 Å². The number of carbonyl (C=O) groups excluding carboxylic acids is 4. The maximum atomic E-state index is 14.5. The molecule has 2 aliphatic carbocycles. The van der Waals surface area contributed by atoms with Gasteiger partial charge >= 0.3 is 6.09 Å². The summed E-state index contributed by atoms with van der Waals surface area (Å²) in [5.74, 6) is -1.47. The topological polar surface area (TPSA) is 159 Å². The number of rotatable bonds is 6. The van der Waals surface area contributed by atoms with E-state index in [0.29, 0.717) is 37.8 Å². The molecule has 41 heavy (non-hydrogen) atoms. The van der Waals surface area contributed by atoms with E-state index in [1.54, 1.807) is 13.0 Å². The van der Waals surface area contributed by atoms with Crippen LogP contribution in [0, 0.1) is 12.3 Å². The van der Waals surface area contributed by atoms with Gasteiger partial charge in [-0.1, -0.05) is 38.5 Å². The molecule has 11 heteroatoms. The number of ether oxygens (including phenoxy) is 1. The molecule has 0 aromatic carbocycles. The highest BCUT2D eigenvalue weighted by atomic mass is 16.5. The molecule has 0 unspecified atom stereocenters. The van der Waals surface area contributed by atoms with Crippen molar-refractivity contribution in [1.82, 2.24) is 20.1 Å². The zero-order valence-electron chi connectivity index (χ0n) is 24.2. The average molecular weight is 568 g/mol. The second-order valence-electron chi connectivity index (χ2n) is 11.5. The first-order valence-electron chi connectivity index (χ1n) is 14.9. The lowest BCUT2D eigenvalue weighted by Crippen LogP contribution is -2.55. The molecule has 1 saturated heterocycles.